The number of nitrogens with zero attached hydrogens (tertiary/aromatic N) is 4. The smallest absolute Gasteiger partial charge is 0.231 e. The van der Waals surface area contributed by atoms with Gasteiger partial charge in [0.15, 0.2) is 0 Å². The highest BCUT2D eigenvalue weighted by atomic mass is 16.2. The van der Waals surface area contributed by atoms with Crippen LogP contribution in [0.2, 0.25) is 0 Å². The highest BCUT2D eigenvalue weighted by molar-refractivity contribution is 5.79. The fourth-order valence-electron chi connectivity index (χ4n) is 4.32. The number of rotatable bonds is 5. The highest BCUT2D eigenvalue weighted by Crippen LogP contribution is 2.29. The SMILES string of the molecule is C=CCN(C)C(=O)[C@H]1C[NH+]2CC[C@H]1C[C@@H]2Cn1cc(C(C)(C)C)nn1. The molecule has 2 bridgehead atoms. The van der Waals surface area contributed by atoms with Crippen LogP contribution in [0.5, 0.6) is 0 Å². The fraction of sp³-hybridized carbons (Fsp3) is 0.737. The van der Waals surface area contributed by atoms with E-state index in [0.717, 1.165) is 31.6 Å². The average molecular weight is 346 g/mol. The molecule has 4 heterocycles. The van der Waals surface area contributed by atoms with Gasteiger partial charge in [-0.25, -0.2) is 4.68 Å². The molecule has 6 heteroatoms. The molecule has 0 saturated carbocycles. The zero-order valence-electron chi connectivity index (χ0n) is 16.0. The lowest BCUT2D eigenvalue weighted by Crippen LogP contribution is -3.20. The fourth-order valence-corrected chi connectivity index (χ4v) is 4.32. The molecule has 3 aliphatic rings. The van der Waals surface area contributed by atoms with Gasteiger partial charge in [-0.3, -0.25) is 4.79 Å². The van der Waals surface area contributed by atoms with Crippen LogP contribution in [0, 0.1) is 11.8 Å². The van der Waals surface area contributed by atoms with Crippen molar-refractivity contribution in [2.45, 2.75) is 51.6 Å². The lowest BCUT2D eigenvalue weighted by atomic mass is 9.75. The maximum Gasteiger partial charge on any atom is 0.231 e. The van der Waals surface area contributed by atoms with Crippen LogP contribution in [0.15, 0.2) is 18.9 Å². The number of carbonyl (C=O) groups is 1. The summed E-state index contributed by atoms with van der Waals surface area (Å²) in [6, 6.07) is 0.544. The van der Waals surface area contributed by atoms with E-state index in [1.807, 2.05) is 16.6 Å². The Labute approximate surface area is 150 Å². The Bertz CT molecular complexity index is 632. The minimum Gasteiger partial charge on any atom is -0.342 e. The summed E-state index contributed by atoms with van der Waals surface area (Å²) in [5.41, 5.74) is 1.07. The Morgan fingerprint density at radius 3 is 2.84 bits per heavy atom. The second-order valence-corrected chi connectivity index (χ2v) is 8.78. The molecule has 1 unspecified atom stereocenters. The van der Waals surface area contributed by atoms with Gasteiger partial charge in [0.25, 0.3) is 0 Å². The monoisotopic (exact) mass is 346 g/mol. The quantitative estimate of drug-likeness (QED) is 0.791. The first-order chi connectivity index (χ1) is 11.8. The number of hydrogen-bond donors (Lipinski definition) is 1. The summed E-state index contributed by atoms with van der Waals surface area (Å²) in [5.74, 6) is 0.968. The third-order valence-electron chi connectivity index (χ3n) is 5.86. The molecule has 0 aromatic carbocycles. The number of carbonyl (C=O) groups excluding carboxylic acids is 1. The van der Waals surface area contributed by atoms with Crippen molar-refractivity contribution < 1.29 is 9.69 Å². The van der Waals surface area contributed by atoms with Crippen molar-refractivity contribution >= 4 is 5.91 Å². The third-order valence-corrected chi connectivity index (χ3v) is 5.86. The van der Waals surface area contributed by atoms with E-state index in [1.165, 1.54) is 6.54 Å². The molecule has 0 spiro atoms. The van der Waals surface area contributed by atoms with E-state index in [2.05, 4.69) is 43.9 Å². The molecule has 6 nitrogen and oxygen atoms in total. The van der Waals surface area contributed by atoms with E-state index in [0.29, 0.717) is 18.5 Å². The minimum atomic E-state index is 0.0320. The molecule has 1 amide bonds. The number of quaternary nitrogens is 1. The molecule has 1 N–H and O–H groups in total. The van der Waals surface area contributed by atoms with E-state index in [4.69, 9.17) is 0 Å². The van der Waals surface area contributed by atoms with E-state index >= 15 is 0 Å². The average Bonchev–Trinajstić information content (AvgIpc) is 3.04. The van der Waals surface area contributed by atoms with Gasteiger partial charge >= 0.3 is 0 Å². The van der Waals surface area contributed by atoms with E-state index in [9.17, 15) is 4.79 Å². The molecule has 4 rings (SSSR count). The van der Waals surface area contributed by atoms with E-state index in [1.54, 1.807) is 11.0 Å². The first-order valence-corrected chi connectivity index (χ1v) is 9.40. The summed E-state index contributed by atoms with van der Waals surface area (Å²) >= 11 is 0. The van der Waals surface area contributed by atoms with E-state index < -0.39 is 0 Å². The van der Waals surface area contributed by atoms with Crippen LogP contribution in [-0.2, 0) is 16.8 Å². The topological polar surface area (TPSA) is 55.5 Å². The lowest BCUT2D eigenvalue weighted by molar-refractivity contribution is -0.945. The second-order valence-electron chi connectivity index (χ2n) is 8.78. The van der Waals surface area contributed by atoms with Crippen LogP contribution in [0.1, 0.15) is 39.3 Å². The molecule has 25 heavy (non-hydrogen) atoms. The van der Waals surface area contributed by atoms with Crippen molar-refractivity contribution in [2.75, 3.05) is 26.7 Å². The number of nitrogens with one attached hydrogen (secondary N) is 1. The van der Waals surface area contributed by atoms with E-state index in [-0.39, 0.29) is 17.2 Å². The Hall–Kier alpha value is -1.69. The third kappa shape index (κ3) is 3.78. The molecule has 1 aromatic heterocycles. The van der Waals surface area contributed by atoms with Gasteiger partial charge in [0.2, 0.25) is 5.91 Å². The van der Waals surface area contributed by atoms with Crippen molar-refractivity contribution in [3.8, 4) is 0 Å². The maximum atomic E-state index is 12.7. The van der Waals surface area contributed by atoms with Gasteiger partial charge in [-0.05, 0) is 5.92 Å². The predicted octanol–water partition coefficient (Wildman–Crippen LogP) is 0.513. The highest BCUT2D eigenvalue weighted by Gasteiger charge is 2.47. The maximum absolute atomic E-state index is 12.7. The zero-order valence-corrected chi connectivity index (χ0v) is 16.0. The first kappa shape index (κ1) is 18.1. The Balaban J connectivity index is 1.63. The zero-order chi connectivity index (χ0) is 18.2. The van der Waals surface area contributed by atoms with Gasteiger partial charge in [-0.1, -0.05) is 32.1 Å². The van der Waals surface area contributed by atoms with Crippen LogP contribution in [-0.4, -0.2) is 58.5 Å². The van der Waals surface area contributed by atoms with Gasteiger partial charge in [0.1, 0.15) is 6.04 Å². The van der Waals surface area contributed by atoms with Crippen molar-refractivity contribution in [3.05, 3.63) is 24.5 Å². The molecule has 3 saturated heterocycles. The number of aromatic nitrogens is 3. The van der Waals surface area contributed by atoms with Crippen LogP contribution in [0.3, 0.4) is 0 Å². The number of amides is 1. The molecule has 1 aromatic rings. The van der Waals surface area contributed by atoms with Crippen molar-refractivity contribution in [1.29, 1.82) is 0 Å². The number of fused-ring (bicyclic) bond motifs is 3. The molecular formula is C19H32N5O+. The van der Waals surface area contributed by atoms with Crippen LogP contribution < -0.4 is 4.90 Å². The Morgan fingerprint density at radius 2 is 2.28 bits per heavy atom. The van der Waals surface area contributed by atoms with Crippen LogP contribution in [0.4, 0.5) is 0 Å². The molecule has 4 atom stereocenters. The molecule has 3 fully saturated rings. The van der Waals surface area contributed by atoms with Gasteiger partial charge in [-0.15, -0.1) is 11.7 Å². The van der Waals surface area contributed by atoms with Crippen LogP contribution in [0.25, 0.3) is 0 Å². The Morgan fingerprint density at radius 1 is 1.52 bits per heavy atom. The normalized spacial score (nSPS) is 28.8. The number of piperidine rings is 3. The van der Waals surface area contributed by atoms with Crippen LogP contribution >= 0.6 is 0 Å². The second kappa shape index (κ2) is 6.90. The number of likely N-dealkylation sites (N-methyl/N-ethyl adjacent to an activating group) is 1. The first-order valence-electron chi connectivity index (χ1n) is 9.40. The minimum absolute atomic E-state index is 0.0320. The molecule has 0 aliphatic carbocycles. The largest absolute Gasteiger partial charge is 0.342 e. The molecule has 138 valence electrons. The number of hydrogen-bond acceptors (Lipinski definition) is 3. The van der Waals surface area contributed by atoms with Gasteiger partial charge in [0.05, 0.1) is 31.2 Å². The summed E-state index contributed by atoms with van der Waals surface area (Å²) in [5, 5.41) is 8.67. The lowest BCUT2D eigenvalue weighted by Gasteiger charge is -2.46. The van der Waals surface area contributed by atoms with Gasteiger partial charge < -0.3 is 9.80 Å². The molecule has 3 aliphatic heterocycles. The standard InChI is InChI=1S/C19H31N5O/c1-6-8-22(5)18(25)16-12-23-9-7-14(16)10-15(23)11-24-13-17(20-21-24)19(2,3)4/h6,13-16H,1,7-12H2,2-5H3/p+1/t14-,15+,16-/m0/s1. The van der Waals surface area contributed by atoms with Gasteiger partial charge in [0, 0.05) is 38.0 Å². The summed E-state index contributed by atoms with van der Waals surface area (Å²) < 4.78 is 2.00. The van der Waals surface area contributed by atoms with Crippen molar-refractivity contribution in [1.82, 2.24) is 19.9 Å². The predicted molar refractivity (Wildman–Crippen MR) is 97.3 cm³/mol. The molecular weight excluding hydrogens is 314 g/mol. The molecule has 0 radical (unpaired) electrons. The summed E-state index contributed by atoms with van der Waals surface area (Å²) in [6.45, 7) is 13.9. The Kier molecular flexibility index (Phi) is 5.00. The van der Waals surface area contributed by atoms with Gasteiger partial charge in [-0.2, -0.15) is 0 Å². The summed E-state index contributed by atoms with van der Waals surface area (Å²) in [4.78, 5) is 16.1. The summed E-state index contributed by atoms with van der Waals surface area (Å²) in [6.07, 6.45) is 6.16. The summed E-state index contributed by atoms with van der Waals surface area (Å²) in [7, 11) is 1.89. The van der Waals surface area contributed by atoms with Crippen molar-refractivity contribution in [3.63, 3.8) is 0 Å². The van der Waals surface area contributed by atoms with Crippen molar-refractivity contribution in [2.24, 2.45) is 11.8 Å².